The molecular formula is C66H42N2. The van der Waals surface area contributed by atoms with E-state index in [-0.39, 0.29) is 0 Å². The van der Waals surface area contributed by atoms with Crippen LogP contribution in [0.5, 0.6) is 0 Å². The van der Waals surface area contributed by atoms with E-state index in [9.17, 15) is 0 Å². The normalized spacial score (nSPS) is 11.8. The molecule has 0 saturated heterocycles. The lowest BCUT2D eigenvalue weighted by Crippen LogP contribution is -1.94. The maximum atomic E-state index is 2.50. The quantitative estimate of drug-likeness (QED) is 0.147. The molecule has 0 aliphatic carbocycles. The molecule has 0 unspecified atom stereocenters. The summed E-state index contributed by atoms with van der Waals surface area (Å²) in [6.07, 6.45) is 0. The van der Waals surface area contributed by atoms with Gasteiger partial charge < -0.3 is 9.13 Å². The van der Waals surface area contributed by atoms with Gasteiger partial charge in [0.25, 0.3) is 0 Å². The van der Waals surface area contributed by atoms with E-state index in [1.165, 1.54) is 120 Å². The van der Waals surface area contributed by atoms with E-state index in [2.05, 4.69) is 264 Å². The lowest BCUT2D eigenvalue weighted by atomic mass is 9.83. The fourth-order valence-corrected chi connectivity index (χ4v) is 11.5. The van der Waals surface area contributed by atoms with Crippen LogP contribution >= 0.6 is 0 Å². The molecule has 14 aromatic rings. The van der Waals surface area contributed by atoms with Gasteiger partial charge in [0.15, 0.2) is 0 Å². The molecule has 0 amide bonds. The van der Waals surface area contributed by atoms with Crippen molar-refractivity contribution in [3.8, 4) is 55.9 Å². The predicted molar refractivity (Wildman–Crippen MR) is 289 cm³/mol. The summed E-state index contributed by atoms with van der Waals surface area (Å²) < 4.78 is 4.84. The molecule has 0 bridgehead atoms. The summed E-state index contributed by atoms with van der Waals surface area (Å²) in [7, 11) is 0. The van der Waals surface area contributed by atoms with Gasteiger partial charge in [-0.25, -0.2) is 0 Å². The van der Waals surface area contributed by atoms with Gasteiger partial charge in [0.05, 0.1) is 22.1 Å². The molecular weight excluding hydrogens is 821 g/mol. The Hall–Kier alpha value is -8.98. The first-order valence-corrected chi connectivity index (χ1v) is 23.5. The van der Waals surface area contributed by atoms with Gasteiger partial charge >= 0.3 is 0 Å². The highest BCUT2D eigenvalue weighted by Crippen LogP contribution is 2.49. The molecule has 12 aromatic carbocycles. The first-order chi connectivity index (χ1) is 33.8. The first-order valence-electron chi connectivity index (χ1n) is 23.5. The van der Waals surface area contributed by atoms with Gasteiger partial charge in [-0.15, -0.1) is 0 Å². The SMILES string of the molecule is c1ccc(-c2ccc(-c3c4cccc(-c5cccc6c5c5ccccc5n6-c5ccccc5)c4cc4c(-c5cccc6c5c5ccccc5n6-c5ccccc5)cccc34)c3ccccc23)cc1. The molecule has 0 aliphatic heterocycles. The van der Waals surface area contributed by atoms with Gasteiger partial charge in [0, 0.05) is 32.9 Å². The second-order valence-electron chi connectivity index (χ2n) is 17.9. The van der Waals surface area contributed by atoms with Crippen molar-refractivity contribution in [1.29, 1.82) is 0 Å². The average Bonchev–Trinajstić information content (AvgIpc) is 3.94. The van der Waals surface area contributed by atoms with Crippen molar-refractivity contribution in [2.24, 2.45) is 0 Å². The minimum atomic E-state index is 1.15. The van der Waals surface area contributed by atoms with Crippen molar-refractivity contribution >= 4 is 75.9 Å². The van der Waals surface area contributed by atoms with Gasteiger partial charge in [-0.05, 0) is 131 Å². The topological polar surface area (TPSA) is 9.86 Å². The number of hydrogen-bond acceptors (Lipinski definition) is 0. The number of hydrogen-bond donors (Lipinski definition) is 0. The monoisotopic (exact) mass is 862 g/mol. The van der Waals surface area contributed by atoms with Crippen LogP contribution in [0, 0.1) is 0 Å². The third-order valence-corrected chi connectivity index (χ3v) is 14.3. The predicted octanol–water partition coefficient (Wildman–Crippen LogP) is 18.0. The van der Waals surface area contributed by atoms with Crippen LogP contribution in [0.3, 0.4) is 0 Å². The van der Waals surface area contributed by atoms with Crippen molar-refractivity contribution in [3.05, 3.63) is 255 Å². The number of rotatable bonds is 6. The number of benzene rings is 12. The van der Waals surface area contributed by atoms with E-state index in [0.29, 0.717) is 0 Å². The molecule has 2 aromatic heterocycles. The molecule has 2 heterocycles. The molecule has 2 heteroatoms. The van der Waals surface area contributed by atoms with E-state index in [4.69, 9.17) is 0 Å². The zero-order chi connectivity index (χ0) is 44.7. The maximum absolute atomic E-state index is 2.50. The Bertz CT molecular complexity index is 4080. The molecule has 0 radical (unpaired) electrons. The Kier molecular flexibility index (Phi) is 8.62. The van der Waals surface area contributed by atoms with E-state index in [1.807, 2.05) is 0 Å². The average molecular weight is 863 g/mol. The van der Waals surface area contributed by atoms with E-state index in [0.717, 1.165) is 11.4 Å². The van der Waals surface area contributed by atoms with Crippen molar-refractivity contribution in [2.45, 2.75) is 0 Å². The van der Waals surface area contributed by atoms with Crippen molar-refractivity contribution in [2.75, 3.05) is 0 Å². The summed E-state index contributed by atoms with van der Waals surface area (Å²) in [5.74, 6) is 0. The van der Waals surface area contributed by atoms with Crippen LogP contribution in [0.2, 0.25) is 0 Å². The molecule has 0 atom stereocenters. The van der Waals surface area contributed by atoms with Gasteiger partial charge in [-0.2, -0.15) is 0 Å². The number of para-hydroxylation sites is 4. The summed E-state index contributed by atoms with van der Waals surface area (Å²) in [5, 5.41) is 12.4. The van der Waals surface area contributed by atoms with E-state index < -0.39 is 0 Å². The van der Waals surface area contributed by atoms with Crippen LogP contribution in [0.25, 0.3) is 132 Å². The summed E-state index contributed by atoms with van der Waals surface area (Å²) in [6.45, 7) is 0. The van der Waals surface area contributed by atoms with Crippen molar-refractivity contribution < 1.29 is 0 Å². The van der Waals surface area contributed by atoms with Crippen LogP contribution in [0.15, 0.2) is 255 Å². The standard InChI is InChI=1S/C66H42N2/c1-4-20-43(21-5-1)46-40-41-55(48-27-11-10-26-47(46)48)64-53-32-16-30-49(51-34-18-38-62-65(51)56-28-12-14-36-60(56)67(62)44-22-6-2-7-23-44)58(53)42-59-50(31-17-33-54(59)64)52-35-19-39-63-66(52)57-29-13-15-37-61(57)68(63)45-24-8-3-9-25-45/h1-42H. The molecule has 14 rings (SSSR count). The Balaban J connectivity index is 1.12. The van der Waals surface area contributed by atoms with Gasteiger partial charge in [-0.3, -0.25) is 0 Å². The number of nitrogens with zero attached hydrogens (tertiary/aromatic N) is 2. The van der Waals surface area contributed by atoms with Crippen LogP contribution in [-0.2, 0) is 0 Å². The van der Waals surface area contributed by atoms with Crippen LogP contribution in [-0.4, -0.2) is 9.13 Å². The summed E-state index contributed by atoms with van der Waals surface area (Å²) in [5.41, 5.74) is 16.9. The van der Waals surface area contributed by atoms with Crippen LogP contribution < -0.4 is 0 Å². The molecule has 0 aliphatic rings. The molecule has 68 heavy (non-hydrogen) atoms. The number of fused-ring (bicyclic) bond motifs is 9. The lowest BCUT2D eigenvalue weighted by molar-refractivity contribution is 1.18. The Morgan fingerprint density at radius 2 is 0.574 bits per heavy atom. The Labute approximate surface area is 393 Å². The fourth-order valence-electron chi connectivity index (χ4n) is 11.5. The second-order valence-corrected chi connectivity index (χ2v) is 17.9. The third kappa shape index (κ3) is 5.71. The summed E-state index contributed by atoms with van der Waals surface area (Å²) in [4.78, 5) is 0. The molecule has 0 fully saturated rings. The molecule has 2 nitrogen and oxygen atoms in total. The third-order valence-electron chi connectivity index (χ3n) is 14.3. The largest absolute Gasteiger partial charge is 0.309 e. The summed E-state index contributed by atoms with van der Waals surface area (Å²) in [6, 6.07) is 93.9. The van der Waals surface area contributed by atoms with Gasteiger partial charge in [-0.1, -0.05) is 200 Å². The highest BCUT2D eigenvalue weighted by Gasteiger charge is 2.23. The zero-order valence-corrected chi connectivity index (χ0v) is 37.1. The van der Waals surface area contributed by atoms with E-state index >= 15 is 0 Å². The lowest BCUT2D eigenvalue weighted by Gasteiger charge is -2.20. The highest BCUT2D eigenvalue weighted by atomic mass is 15.0. The second kappa shape index (κ2) is 15.3. The van der Waals surface area contributed by atoms with Crippen LogP contribution in [0.4, 0.5) is 0 Å². The smallest absolute Gasteiger partial charge is 0.0547 e. The van der Waals surface area contributed by atoms with Crippen molar-refractivity contribution in [3.63, 3.8) is 0 Å². The van der Waals surface area contributed by atoms with E-state index in [1.54, 1.807) is 0 Å². The minimum Gasteiger partial charge on any atom is -0.309 e. The van der Waals surface area contributed by atoms with Crippen molar-refractivity contribution in [1.82, 2.24) is 9.13 Å². The molecule has 0 saturated carbocycles. The number of aromatic nitrogens is 2. The van der Waals surface area contributed by atoms with Crippen LogP contribution in [0.1, 0.15) is 0 Å². The Morgan fingerprint density at radius 1 is 0.206 bits per heavy atom. The maximum Gasteiger partial charge on any atom is 0.0547 e. The highest BCUT2D eigenvalue weighted by molar-refractivity contribution is 6.26. The van der Waals surface area contributed by atoms with Gasteiger partial charge in [0.2, 0.25) is 0 Å². The summed E-state index contributed by atoms with van der Waals surface area (Å²) >= 11 is 0. The van der Waals surface area contributed by atoms with Gasteiger partial charge in [0.1, 0.15) is 0 Å². The zero-order valence-electron chi connectivity index (χ0n) is 37.1. The molecule has 0 spiro atoms. The fraction of sp³-hybridized carbons (Fsp3) is 0. The first kappa shape index (κ1) is 38.3. The Morgan fingerprint density at radius 3 is 1.09 bits per heavy atom. The molecule has 0 N–H and O–H groups in total. The minimum absolute atomic E-state index is 1.15. The molecule has 316 valence electrons.